The number of nitrogens with two attached hydrogens (primary N) is 1. The zero-order valence-corrected chi connectivity index (χ0v) is 14.2. The third kappa shape index (κ3) is 5.26. The fourth-order valence-electron chi connectivity index (χ4n) is 1.85. The topological polar surface area (TPSA) is 72.6 Å². The van der Waals surface area contributed by atoms with Crippen LogP contribution >= 0.6 is 12.2 Å². The summed E-state index contributed by atoms with van der Waals surface area (Å²) in [5.74, 6) is 0.830. The van der Waals surface area contributed by atoms with Crippen LogP contribution in [0.25, 0.3) is 0 Å². The summed E-state index contributed by atoms with van der Waals surface area (Å²) in [6, 6.07) is 6.35. The minimum Gasteiger partial charge on any atom is -0.497 e. The first-order valence-electron chi connectivity index (χ1n) is 6.70. The molecule has 1 aromatic rings. The number of sulfonamides is 1. The number of hydrogen-bond donors (Lipinski definition) is 1. The molecular formula is C14H22N2O3S2. The molecule has 1 rings (SSSR count). The van der Waals surface area contributed by atoms with Crippen LogP contribution in [0.1, 0.15) is 20.3 Å². The van der Waals surface area contributed by atoms with Gasteiger partial charge in [0.25, 0.3) is 0 Å². The largest absolute Gasteiger partial charge is 0.497 e. The van der Waals surface area contributed by atoms with Gasteiger partial charge in [-0.25, -0.2) is 8.42 Å². The third-order valence-corrected chi connectivity index (χ3v) is 4.96. The van der Waals surface area contributed by atoms with E-state index in [1.807, 2.05) is 13.8 Å². The van der Waals surface area contributed by atoms with E-state index < -0.39 is 10.0 Å². The Morgan fingerprint density at radius 1 is 1.33 bits per heavy atom. The van der Waals surface area contributed by atoms with E-state index in [4.69, 9.17) is 22.7 Å². The Balaban J connectivity index is 3.03. The van der Waals surface area contributed by atoms with Gasteiger partial charge < -0.3 is 10.5 Å². The van der Waals surface area contributed by atoms with Crippen molar-refractivity contribution in [1.82, 2.24) is 4.31 Å². The summed E-state index contributed by atoms with van der Waals surface area (Å²) in [6.07, 6.45) is 0.372. The van der Waals surface area contributed by atoms with Gasteiger partial charge in [0.05, 0.1) is 17.0 Å². The van der Waals surface area contributed by atoms with Gasteiger partial charge in [0.15, 0.2) is 0 Å². The van der Waals surface area contributed by atoms with Gasteiger partial charge in [-0.05, 0) is 30.2 Å². The van der Waals surface area contributed by atoms with Gasteiger partial charge in [0.2, 0.25) is 10.0 Å². The molecule has 0 heterocycles. The number of rotatable bonds is 8. The van der Waals surface area contributed by atoms with Crippen molar-refractivity contribution in [2.45, 2.75) is 25.2 Å². The SMILES string of the molecule is COc1ccc(S(=O)(=O)N(CCC(N)=S)CC(C)C)cc1. The summed E-state index contributed by atoms with van der Waals surface area (Å²) in [5, 5.41) is 0. The molecule has 0 atom stereocenters. The number of hydrogen-bond acceptors (Lipinski definition) is 4. The van der Waals surface area contributed by atoms with Gasteiger partial charge in [-0.1, -0.05) is 26.1 Å². The number of thiocarbonyl (C=S) groups is 1. The molecule has 0 aliphatic heterocycles. The minimum absolute atomic E-state index is 0.212. The van der Waals surface area contributed by atoms with E-state index in [-0.39, 0.29) is 10.8 Å². The molecule has 0 saturated carbocycles. The average Bonchev–Trinajstić information content (AvgIpc) is 2.42. The van der Waals surface area contributed by atoms with Crippen molar-refractivity contribution in [2.75, 3.05) is 20.2 Å². The third-order valence-electron chi connectivity index (χ3n) is 2.87. The summed E-state index contributed by atoms with van der Waals surface area (Å²) >= 11 is 4.84. The molecule has 0 fully saturated rings. The Labute approximate surface area is 132 Å². The quantitative estimate of drug-likeness (QED) is 0.738. The van der Waals surface area contributed by atoms with Crippen LogP contribution in [0.3, 0.4) is 0 Å². The lowest BCUT2D eigenvalue weighted by Gasteiger charge is -2.24. The van der Waals surface area contributed by atoms with Crippen molar-refractivity contribution in [1.29, 1.82) is 0 Å². The molecule has 0 aromatic heterocycles. The van der Waals surface area contributed by atoms with Crippen LogP contribution in [0.2, 0.25) is 0 Å². The Bertz CT molecular complexity index is 568. The van der Waals surface area contributed by atoms with Crippen molar-refractivity contribution in [3.05, 3.63) is 24.3 Å². The molecule has 0 amide bonds. The summed E-state index contributed by atoms with van der Waals surface area (Å²) in [4.78, 5) is 0.556. The first-order valence-corrected chi connectivity index (χ1v) is 8.54. The highest BCUT2D eigenvalue weighted by atomic mass is 32.2. The molecular weight excluding hydrogens is 308 g/mol. The maximum atomic E-state index is 12.7. The van der Waals surface area contributed by atoms with Crippen molar-refractivity contribution >= 4 is 27.2 Å². The highest BCUT2D eigenvalue weighted by molar-refractivity contribution is 7.89. The molecule has 0 unspecified atom stereocenters. The molecule has 0 aliphatic carbocycles. The van der Waals surface area contributed by atoms with E-state index in [0.29, 0.717) is 30.2 Å². The Hall–Kier alpha value is -1.18. The van der Waals surface area contributed by atoms with E-state index in [2.05, 4.69) is 0 Å². The molecule has 1 aromatic carbocycles. The normalized spacial score (nSPS) is 11.9. The standard InChI is InChI=1S/C14H22N2O3S2/c1-11(2)10-16(9-8-14(15)20)21(17,18)13-6-4-12(19-3)5-7-13/h4-7,11H,8-10H2,1-3H3,(H2,15,20). The average molecular weight is 330 g/mol. The second-order valence-corrected chi connectivity index (χ2v) is 7.61. The maximum absolute atomic E-state index is 12.7. The first kappa shape index (κ1) is 17.9. The Morgan fingerprint density at radius 2 is 1.90 bits per heavy atom. The predicted octanol–water partition coefficient (Wildman–Crippen LogP) is 2.02. The zero-order chi connectivity index (χ0) is 16.0. The highest BCUT2D eigenvalue weighted by Crippen LogP contribution is 2.20. The first-order chi connectivity index (χ1) is 9.77. The van der Waals surface area contributed by atoms with Crippen LogP contribution in [0.15, 0.2) is 29.2 Å². The smallest absolute Gasteiger partial charge is 0.243 e. The molecule has 0 spiro atoms. The summed E-state index contributed by atoms with van der Waals surface area (Å²) in [7, 11) is -2.02. The molecule has 0 radical (unpaired) electrons. The number of benzene rings is 1. The van der Waals surface area contributed by atoms with Crippen molar-refractivity contribution < 1.29 is 13.2 Å². The summed E-state index contributed by atoms with van der Waals surface area (Å²) in [6.45, 7) is 4.66. The lowest BCUT2D eigenvalue weighted by molar-refractivity contribution is 0.374. The molecule has 5 nitrogen and oxygen atoms in total. The van der Waals surface area contributed by atoms with Gasteiger partial charge in [0.1, 0.15) is 5.75 Å². The van der Waals surface area contributed by atoms with Crippen LogP contribution < -0.4 is 10.5 Å². The molecule has 0 saturated heterocycles. The number of ether oxygens (including phenoxy) is 1. The van der Waals surface area contributed by atoms with E-state index in [1.54, 1.807) is 24.3 Å². The fourth-order valence-corrected chi connectivity index (χ4v) is 3.54. The van der Waals surface area contributed by atoms with Gasteiger partial charge in [0, 0.05) is 19.5 Å². The number of nitrogens with zero attached hydrogens (tertiary/aromatic N) is 1. The monoisotopic (exact) mass is 330 g/mol. The number of methoxy groups -OCH3 is 1. The molecule has 118 valence electrons. The lowest BCUT2D eigenvalue weighted by Crippen LogP contribution is -2.36. The van der Waals surface area contributed by atoms with Crippen LogP contribution in [0.5, 0.6) is 5.75 Å². The van der Waals surface area contributed by atoms with E-state index in [9.17, 15) is 8.42 Å². The molecule has 21 heavy (non-hydrogen) atoms. The van der Waals surface area contributed by atoms with E-state index in [0.717, 1.165) is 0 Å². The van der Waals surface area contributed by atoms with Crippen molar-refractivity contribution in [2.24, 2.45) is 11.7 Å². The fraction of sp³-hybridized carbons (Fsp3) is 0.500. The van der Waals surface area contributed by atoms with Crippen molar-refractivity contribution in [3.63, 3.8) is 0 Å². The van der Waals surface area contributed by atoms with Gasteiger partial charge >= 0.3 is 0 Å². The molecule has 0 aliphatic rings. The summed E-state index contributed by atoms with van der Waals surface area (Å²) in [5.41, 5.74) is 5.48. The Morgan fingerprint density at radius 3 is 2.33 bits per heavy atom. The van der Waals surface area contributed by atoms with Crippen LogP contribution in [0.4, 0.5) is 0 Å². The van der Waals surface area contributed by atoms with Gasteiger partial charge in [-0.3, -0.25) is 0 Å². The lowest BCUT2D eigenvalue weighted by atomic mass is 10.2. The Kier molecular flexibility index (Phi) is 6.57. The van der Waals surface area contributed by atoms with E-state index in [1.165, 1.54) is 11.4 Å². The second kappa shape index (κ2) is 7.72. The molecule has 2 N–H and O–H groups in total. The van der Waals surface area contributed by atoms with Crippen LogP contribution in [-0.4, -0.2) is 37.9 Å². The predicted molar refractivity (Wildman–Crippen MR) is 88.0 cm³/mol. The second-order valence-electron chi connectivity index (χ2n) is 5.15. The van der Waals surface area contributed by atoms with Crippen LogP contribution in [-0.2, 0) is 10.0 Å². The zero-order valence-electron chi connectivity index (χ0n) is 12.6. The molecule has 0 bridgehead atoms. The van der Waals surface area contributed by atoms with Gasteiger partial charge in [-0.2, -0.15) is 4.31 Å². The highest BCUT2D eigenvalue weighted by Gasteiger charge is 2.25. The van der Waals surface area contributed by atoms with Crippen molar-refractivity contribution in [3.8, 4) is 5.75 Å². The summed E-state index contributed by atoms with van der Waals surface area (Å²) < 4.78 is 31.8. The van der Waals surface area contributed by atoms with E-state index >= 15 is 0 Å². The molecule has 7 heteroatoms. The minimum atomic E-state index is -3.55. The van der Waals surface area contributed by atoms with Gasteiger partial charge in [-0.15, -0.1) is 0 Å². The van der Waals surface area contributed by atoms with Crippen LogP contribution in [0, 0.1) is 5.92 Å². The maximum Gasteiger partial charge on any atom is 0.243 e.